The van der Waals surface area contributed by atoms with E-state index in [1.165, 1.54) is 12.1 Å². The predicted octanol–water partition coefficient (Wildman–Crippen LogP) is 5.18. The summed E-state index contributed by atoms with van der Waals surface area (Å²) in [5.41, 5.74) is 2.92. The van der Waals surface area contributed by atoms with E-state index in [-0.39, 0.29) is 18.7 Å². The van der Waals surface area contributed by atoms with Crippen LogP contribution in [0.4, 0.5) is 8.78 Å². The van der Waals surface area contributed by atoms with Gasteiger partial charge in [-0.15, -0.1) is 0 Å². The molecule has 0 saturated carbocycles. The summed E-state index contributed by atoms with van der Waals surface area (Å²) >= 11 is 0. The van der Waals surface area contributed by atoms with Crippen molar-refractivity contribution in [3.05, 3.63) is 65.9 Å². The molecule has 3 heterocycles. The topological polar surface area (TPSA) is 90.5 Å². The molecule has 4 rings (SSSR count). The second kappa shape index (κ2) is 7.51. The first-order valence-electron chi connectivity index (χ1n) is 9.75. The summed E-state index contributed by atoms with van der Waals surface area (Å²) in [5.74, 6) is -0.955. The van der Waals surface area contributed by atoms with Crippen LogP contribution in [0, 0.1) is 17.1 Å². The largest absolute Gasteiger partial charge is 0.510 e. The lowest BCUT2D eigenvalue weighted by molar-refractivity contribution is 0.260. The smallest absolute Gasteiger partial charge is 0.160 e. The van der Waals surface area contributed by atoms with E-state index in [0.29, 0.717) is 33.6 Å². The SMILES string of the molecule is C=C(O)[C@H](F)Cc1c(C(C)(C)CC#N)n(-c2ccc(F)cc2)c2cc3cn[nH]c3nc12. The second-order valence-corrected chi connectivity index (χ2v) is 8.18. The zero-order valence-corrected chi connectivity index (χ0v) is 17.2. The third kappa shape index (κ3) is 3.52. The Morgan fingerprint density at radius 2 is 2.06 bits per heavy atom. The van der Waals surface area contributed by atoms with Gasteiger partial charge in [0.05, 0.1) is 23.3 Å². The molecule has 0 radical (unpaired) electrons. The van der Waals surface area contributed by atoms with Crippen molar-refractivity contribution in [2.75, 3.05) is 0 Å². The van der Waals surface area contributed by atoms with Crippen molar-refractivity contribution in [1.29, 1.82) is 5.26 Å². The molecule has 158 valence electrons. The average Bonchev–Trinajstić information content (AvgIpc) is 3.29. The maximum atomic E-state index is 14.7. The Morgan fingerprint density at radius 1 is 1.35 bits per heavy atom. The van der Waals surface area contributed by atoms with E-state index in [1.807, 2.05) is 24.5 Å². The number of aromatic nitrogens is 4. The molecule has 31 heavy (non-hydrogen) atoms. The first-order chi connectivity index (χ1) is 14.7. The molecule has 0 saturated heterocycles. The molecule has 0 unspecified atom stereocenters. The van der Waals surface area contributed by atoms with Crippen LogP contribution in [0.5, 0.6) is 0 Å². The number of pyridine rings is 1. The van der Waals surface area contributed by atoms with Crippen LogP contribution >= 0.6 is 0 Å². The lowest BCUT2D eigenvalue weighted by atomic mass is 9.82. The molecule has 0 spiro atoms. The minimum atomic E-state index is -1.71. The number of fused-ring (bicyclic) bond motifs is 2. The molecule has 2 N–H and O–H groups in total. The highest BCUT2D eigenvalue weighted by molar-refractivity contribution is 5.93. The van der Waals surface area contributed by atoms with Crippen LogP contribution in [0.2, 0.25) is 0 Å². The number of aromatic amines is 1. The molecular weight excluding hydrogens is 400 g/mol. The molecule has 0 aliphatic rings. The van der Waals surface area contributed by atoms with Crippen molar-refractivity contribution >= 4 is 22.1 Å². The minimum Gasteiger partial charge on any atom is -0.510 e. The summed E-state index contributed by atoms with van der Waals surface area (Å²) in [6.07, 6.45) is -0.0785. The van der Waals surface area contributed by atoms with Crippen LogP contribution in [0.25, 0.3) is 27.8 Å². The molecule has 0 amide bonds. The van der Waals surface area contributed by atoms with Gasteiger partial charge in [0.2, 0.25) is 0 Å². The van der Waals surface area contributed by atoms with Gasteiger partial charge in [0.15, 0.2) is 11.8 Å². The lowest BCUT2D eigenvalue weighted by Crippen LogP contribution is -2.23. The van der Waals surface area contributed by atoms with E-state index < -0.39 is 17.3 Å². The molecular formula is C23H21F2N5O. The number of benzene rings is 1. The Hall–Kier alpha value is -3.73. The number of rotatable bonds is 6. The summed E-state index contributed by atoms with van der Waals surface area (Å²) in [7, 11) is 0. The van der Waals surface area contributed by atoms with Gasteiger partial charge >= 0.3 is 0 Å². The van der Waals surface area contributed by atoms with Crippen LogP contribution in [-0.2, 0) is 11.8 Å². The Kier molecular flexibility index (Phi) is 4.97. The highest BCUT2D eigenvalue weighted by Gasteiger charge is 2.33. The van der Waals surface area contributed by atoms with Crippen molar-refractivity contribution in [1.82, 2.24) is 19.7 Å². The number of alkyl halides is 1. The zero-order chi connectivity index (χ0) is 22.3. The number of nitriles is 1. The maximum absolute atomic E-state index is 14.7. The summed E-state index contributed by atoms with van der Waals surface area (Å²) < 4.78 is 30.2. The van der Waals surface area contributed by atoms with E-state index in [9.17, 15) is 19.1 Å². The van der Waals surface area contributed by atoms with Crippen LogP contribution in [0.3, 0.4) is 0 Å². The normalized spacial score (nSPS) is 12.9. The lowest BCUT2D eigenvalue weighted by Gasteiger charge is -2.26. The second-order valence-electron chi connectivity index (χ2n) is 8.18. The first-order valence-corrected chi connectivity index (χ1v) is 9.75. The predicted molar refractivity (Wildman–Crippen MR) is 114 cm³/mol. The summed E-state index contributed by atoms with van der Waals surface area (Å²) in [5, 5.41) is 26.7. The zero-order valence-electron chi connectivity index (χ0n) is 17.2. The van der Waals surface area contributed by atoms with Crippen LogP contribution in [0.15, 0.2) is 48.9 Å². The van der Waals surface area contributed by atoms with Crippen LogP contribution in [0.1, 0.15) is 31.5 Å². The van der Waals surface area contributed by atoms with Gasteiger partial charge in [0.1, 0.15) is 11.6 Å². The highest BCUT2D eigenvalue weighted by atomic mass is 19.1. The molecule has 1 atom stereocenters. The number of aliphatic hydroxyl groups excluding tert-OH is 1. The van der Waals surface area contributed by atoms with Crippen LogP contribution < -0.4 is 0 Å². The van der Waals surface area contributed by atoms with E-state index in [4.69, 9.17) is 0 Å². The fourth-order valence-electron chi connectivity index (χ4n) is 3.97. The van der Waals surface area contributed by atoms with Gasteiger partial charge in [-0.3, -0.25) is 5.10 Å². The summed E-state index contributed by atoms with van der Waals surface area (Å²) in [6.45, 7) is 7.10. The first kappa shape index (κ1) is 20.5. The standard InChI is InChI=1S/C23H21F2N5O/c1-13(31)18(25)11-17-20-19(10-14-12-27-29-22(14)28-20)30(16-6-4-15(24)5-7-16)21(17)23(2,3)8-9-26/h4-7,10,12,18,31H,1,8,11H2,2-3H3,(H,27,28,29)/t18-/m1/s1. The number of nitrogens with zero attached hydrogens (tertiary/aromatic N) is 4. The van der Waals surface area contributed by atoms with Crippen LogP contribution in [-0.4, -0.2) is 31.0 Å². The van der Waals surface area contributed by atoms with E-state index in [1.54, 1.807) is 18.3 Å². The third-order valence-electron chi connectivity index (χ3n) is 5.43. The molecule has 0 aliphatic carbocycles. The molecule has 0 fully saturated rings. The van der Waals surface area contributed by atoms with Gasteiger partial charge < -0.3 is 9.67 Å². The van der Waals surface area contributed by atoms with Crippen molar-refractivity contribution in [2.24, 2.45) is 0 Å². The van der Waals surface area contributed by atoms with Crippen molar-refractivity contribution in [2.45, 2.75) is 38.3 Å². The molecule has 1 aromatic carbocycles. The average molecular weight is 421 g/mol. The molecule has 8 heteroatoms. The monoisotopic (exact) mass is 421 g/mol. The Bertz CT molecular complexity index is 1330. The highest BCUT2D eigenvalue weighted by Crippen LogP contribution is 2.40. The van der Waals surface area contributed by atoms with Gasteiger partial charge in [-0.25, -0.2) is 13.8 Å². The van der Waals surface area contributed by atoms with Crippen molar-refractivity contribution < 1.29 is 13.9 Å². The number of aliphatic hydroxyl groups is 1. The number of halogens is 2. The Balaban J connectivity index is 2.14. The van der Waals surface area contributed by atoms with Gasteiger partial charge in [-0.2, -0.15) is 10.4 Å². The molecule has 6 nitrogen and oxygen atoms in total. The fraction of sp³-hybridized carbons (Fsp3) is 0.261. The Labute approximate surface area is 177 Å². The summed E-state index contributed by atoms with van der Waals surface area (Å²) in [4.78, 5) is 4.67. The Morgan fingerprint density at radius 3 is 2.71 bits per heavy atom. The maximum Gasteiger partial charge on any atom is 0.160 e. The number of nitrogens with one attached hydrogen (secondary N) is 1. The number of allylic oxidation sites excluding steroid dienone is 1. The summed E-state index contributed by atoms with van der Waals surface area (Å²) in [6, 6.07) is 10.0. The number of H-pyrrole nitrogens is 1. The van der Waals surface area contributed by atoms with Gasteiger partial charge in [0.25, 0.3) is 0 Å². The quantitative estimate of drug-likeness (QED) is 0.420. The van der Waals surface area contributed by atoms with Gasteiger partial charge in [0, 0.05) is 40.6 Å². The minimum absolute atomic E-state index is 0.161. The van der Waals surface area contributed by atoms with E-state index in [0.717, 1.165) is 5.39 Å². The van der Waals surface area contributed by atoms with Gasteiger partial charge in [-0.05, 0) is 30.3 Å². The molecule has 4 aromatic rings. The van der Waals surface area contributed by atoms with E-state index in [2.05, 4.69) is 27.8 Å². The van der Waals surface area contributed by atoms with Crippen molar-refractivity contribution in [3.8, 4) is 11.8 Å². The number of hydrogen-bond acceptors (Lipinski definition) is 4. The third-order valence-corrected chi connectivity index (χ3v) is 5.43. The molecule has 0 bridgehead atoms. The molecule has 3 aromatic heterocycles. The number of hydrogen-bond donors (Lipinski definition) is 2. The van der Waals surface area contributed by atoms with E-state index >= 15 is 0 Å². The molecule has 0 aliphatic heterocycles. The van der Waals surface area contributed by atoms with Crippen molar-refractivity contribution in [3.63, 3.8) is 0 Å². The van der Waals surface area contributed by atoms with Gasteiger partial charge in [-0.1, -0.05) is 20.4 Å². The fourth-order valence-corrected chi connectivity index (χ4v) is 3.97.